The van der Waals surface area contributed by atoms with Gasteiger partial charge >= 0.3 is 6.09 Å². The number of furan rings is 1. The summed E-state index contributed by atoms with van der Waals surface area (Å²) in [6.45, 7) is 8.35. The van der Waals surface area contributed by atoms with E-state index < -0.39 is 41.6 Å². The molecule has 52 heavy (non-hydrogen) atoms. The number of rotatable bonds is 8. The number of aromatic nitrogens is 1. The van der Waals surface area contributed by atoms with Crippen LogP contribution in [0.4, 0.5) is 9.18 Å². The maximum atomic E-state index is 15.1. The number of aryl methyl sites for hydroxylation is 1. The molecule has 1 aliphatic carbocycles. The van der Waals surface area contributed by atoms with Crippen molar-refractivity contribution in [2.75, 3.05) is 13.7 Å². The number of piperidine rings is 1. The average Bonchev–Trinajstić information content (AvgIpc) is 3.75. The molecule has 7 rings (SSSR count). The van der Waals surface area contributed by atoms with Gasteiger partial charge in [-0.15, -0.1) is 0 Å². The third kappa shape index (κ3) is 6.46. The van der Waals surface area contributed by atoms with E-state index in [1.165, 1.54) is 12.0 Å². The summed E-state index contributed by atoms with van der Waals surface area (Å²) in [6, 6.07) is 16.2. The summed E-state index contributed by atoms with van der Waals surface area (Å²) >= 11 is 6.41. The van der Waals surface area contributed by atoms with E-state index in [0.29, 0.717) is 28.0 Å². The van der Waals surface area contributed by atoms with Crippen LogP contribution in [-0.2, 0) is 11.3 Å². The largest absolute Gasteiger partial charge is 0.496 e. The van der Waals surface area contributed by atoms with E-state index in [4.69, 9.17) is 37.0 Å². The van der Waals surface area contributed by atoms with Crippen LogP contribution in [0.25, 0.3) is 44.5 Å². The third-order valence-electron chi connectivity index (χ3n) is 10.3. The molecule has 1 unspecified atom stereocenters. The van der Waals surface area contributed by atoms with Crippen molar-refractivity contribution in [2.45, 2.75) is 71.8 Å². The highest BCUT2D eigenvalue weighted by molar-refractivity contribution is 6.34. The minimum absolute atomic E-state index is 0.0522. The van der Waals surface area contributed by atoms with Gasteiger partial charge in [0.05, 0.1) is 41.4 Å². The number of nitrogens with zero attached hydrogens (tertiary/aromatic N) is 2. The van der Waals surface area contributed by atoms with Gasteiger partial charge in [-0.2, -0.15) is 0 Å². The first kappa shape index (κ1) is 35.4. The summed E-state index contributed by atoms with van der Waals surface area (Å²) in [5.41, 5.74) is 15.8. The number of fused-ring (bicyclic) bond motifs is 2. The number of benzene rings is 3. The van der Waals surface area contributed by atoms with Gasteiger partial charge in [0, 0.05) is 35.0 Å². The highest BCUT2D eigenvalue weighted by Crippen LogP contribution is 2.44. The first-order chi connectivity index (χ1) is 24.6. The Morgan fingerprint density at radius 3 is 2.37 bits per heavy atom. The Morgan fingerprint density at radius 1 is 1.02 bits per heavy atom. The zero-order valence-corrected chi connectivity index (χ0v) is 30.6. The second-order valence-electron chi connectivity index (χ2n) is 15.1. The Labute approximate surface area is 305 Å². The zero-order valence-electron chi connectivity index (χ0n) is 29.8. The van der Waals surface area contributed by atoms with Gasteiger partial charge in [-0.25, -0.2) is 9.18 Å². The maximum Gasteiger partial charge on any atom is 0.404 e. The number of primary amides is 2. The molecule has 3 heterocycles. The van der Waals surface area contributed by atoms with Crippen LogP contribution in [0, 0.1) is 18.3 Å². The summed E-state index contributed by atoms with van der Waals surface area (Å²) < 4.78 is 35.2. The van der Waals surface area contributed by atoms with Gasteiger partial charge in [-0.05, 0) is 78.6 Å². The Kier molecular flexibility index (Phi) is 8.97. The van der Waals surface area contributed by atoms with E-state index >= 15 is 4.39 Å². The smallest absolute Gasteiger partial charge is 0.404 e. The van der Waals surface area contributed by atoms with Crippen LogP contribution < -0.4 is 16.2 Å². The lowest BCUT2D eigenvalue weighted by Gasteiger charge is -2.47. The number of amides is 3. The molecule has 2 aromatic heterocycles. The van der Waals surface area contributed by atoms with Gasteiger partial charge in [0.2, 0.25) is 5.91 Å². The molecular formula is C40H42ClFN4O6. The first-order valence-corrected chi connectivity index (χ1v) is 17.8. The first-order valence-electron chi connectivity index (χ1n) is 17.4. The lowest BCUT2D eigenvalue weighted by molar-refractivity contribution is -0.0570. The van der Waals surface area contributed by atoms with Crippen LogP contribution in [-0.4, -0.2) is 59.3 Å². The molecule has 1 saturated carbocycles. The molecule has 0 bridgehead atoms. The van der Waals surface area contributed by atoms with Crippen molar-refractivity contribution in [3.8, 4) is 28.3 Å². The molecule has 12 heteroatoms. The van der Waals surface area contributed by atoms with Crippen molar-refractivity contribution in [2.24, 2.45) is 22.8 Å². The van der Waals surface area contributed by atoms with Crippen molar-refractivity contribution in [1.29, 1.82) is 0 Å². The number of carbonyl (C=O) groups excluding carboxylic acids is 3. The lowest BCUT2D eigenvalue weighted by atomic mass is 9.78. The lowest BCUT2D eigenvalue weighted by Crippen LogP contribution is -2.61. The Balaban J connectivity index is 1.32. The molecule has 5 aromatic rings. The van der Waals surface area contributed by atoms with Gasteiger partial charge in [0.25, 0.3) is 5.91 Å². The normalized spacial score (nSPS) is 19.3. The topological polar surface area (TPSA) is 143 Å². The number of nitrogens with two attached hydrogens (primary N) is 2. The van der Waals surface area contributed by atoms with Gasteiger partial charge in [0.1, 0.15) is 23.6 Å². The van der Waals surface area contributed by atoms with E-state index in [9.17, 15) is 14.4 Å². The molecule has 3 amide bonds. The van der Waals surface area contributed by atoms with E-state index in [0.717, 1.165) is 58.1 Å². The predicted molar refractivity (Wildman–Crippen MR) is 198 cm³/mol. The number of likely N-dealkylation sites (tertiary alicyclic amines) is 1. The molecule has 1 aliphatic heterocycles. The number of hydrogen-bond donors (Lipinski definition) is 2. The molecule has 4 N–H and O–H groups in total. The predicted octanol–water partition coefficient (Wildman–Crippen LogP) is 8.26. The quantitative estimate of drug-likeness (QED) is 0.165. The third-order valence-corrected chi connectivity index (χ3v) is 10.6. The molecule has 2 fully saturated rings. The molecule has 1 saturated heterocycles. The standard InChI is InChI=1S/C40H42ClFN4O6/c1-20-34-31(50-5)15-25(38(48)46-19-26(42)17-33(52-39(44)49)36(46)40(2,3)4)16-32(34)51-35(20)30-14-24-9-8-23(13-29(24)45(30)18-21-6-7-21)22-10-11-27(37(43)47)28(41)12-22/h8-16,21,26,33,36H,6-7,17-19H2,1-5H3,(H2,43,47)(H2,44,49)/t26-,33-,36?/m1/s1. The second kappa shape index (κ2) is 13.2. The van der Waals surface area contributed by atoms with Crippen LogP contribution in [0.5, 0.6) is 5.75 Å². The molecule has 272 valence electrons. The van der Waals surface area contributed by atoms with Crippen LogP contribution in [0.1, 0.15) is 66.3 Å². The SMILES string of the molecule is COc1cc(C(=O)N2C[C@H](F)C[C@@H](OC(N)=O)C2C(C)(C)C)cc2oc(-c3cc4ccc(-c5ccc(C(N)=O)c(Cl)c5)cc4n3CC3CC3)c(C)c12. The fourth-order valence-electron chi connectivity index (χ4n) is 7.79. The van der Waals surface area contributed by atoms with Crippen molar-refractivity contribution < 1.29 is 32.7 Å². The molecule has 3 atom stereocenters. The summed E-state index contributed by atoms with van der Waals surface area (Å²) in [5, 5.41) is 2.04. The minimum atomic E-state index is -1.41. The van der Waals surface area contributed by atoms with E-state index in [2.05, 4.69) is 22.8 Å². The monoisotopic (exact) mass is 728 g/mol. The van der Waals surface area contributed by atoms with E-state index in [1.54, 1.807) is 24.3 Å². The number of halogens is 2. The van der Waals surface area contributed by atoms with Crippen molar-refractivity contribution in [3.05, 3.63) is 76.3 Å². The Morgan fingerprint density at radius 2 is 1.73 bits per heavy atom. The van der Waals surface area contributed by atoms with E-state index in [-0.39, 0.29) is 24.1 Å². The Bertz CT molecular complexity index is 2250. The van der Waals surface area contributed by atoms with E-state index in [1.807, 2.05) is 39.8 Å². The average molecular weight is 729 g/mol. The maximum absolute atomic E-state index is 15.1. The van der Waals surface area contributed by atoms with Crippen LogP contribution >= 0.6 is 11.6 Å². The molecule has 3 aromatic carbocycles. The number of ether oxygens (including phenoxy) is 2. The number of hydrogen-bond acceptors (Lipinski definition) is 6. The highest BCUT2D eigenvalue weighted by atomic mass is 35.5. The molecular weight excluding hydrogens is 687 g/mol. The van der Waals surface area contributed by atoms with Crippen molar-refractivity contribution >= 4 is 51.4 Å². The molecule has 2 aliphatic rings. The second-order valence-corrected chi connectivity index (χ2v) is 15.5. The fourth-order valence-corrected chi connectivity index (χ4v) is 8.06. The number of carbonyl (C=O) groups is 3. The summed E-state index contributed by atoms with van der Waals surface area (Å²) in [5.74, 6) is 0.613. The number of alkyl halides is 1. The van der Waals surface area contributed by atoms with Gasteiger partial charge in [-0.1, -0.05) is 50.6 Å². The summed E-state index contributed by atoms with van der Waals surface area (Å²) in [7, 11) is 1.54. The molecule has 0 spiro atoms. The van der Waals surface area contributed by atoms with Crippen LogP contribution in [0.2, 0.25) is 5.02 Å². The van der Waals surface area contributed by atoms with Gasteiger partial charge in [-0.3, -0.25) is 9.59 Å². The zero-order chi connectivity index (χ0) is 37.2. The van der Waals surface area contributed by atoms with Crippen molar-refractivity contribution in [3.63, 3.8) is 0 Å². The van der Waals surface area contributed by atoms with Crippen molar-refractivity contribution in [1.82, 2.24) is 9.47 Å². The number of methoxy groups -OCH3 is 1. The van der Waals surface area contributed by atoms with Gasteiger partial charge < -0.3 is 34.8 Å². The molecule has 0 radical (unpaired) electrons. The molecule has 10 nitrogen and oxygen atoms in total. The highest BCUT2D eigenvalue weighted by Gasteiger charge is 2.47. The van der Waals surface area contributed by atoms with Crippen LogP contribution in [0.3, 0.4) is 0 Å². The summed E-state index contributed by atoms with van der Waals surface area (Å²) in [6.07, 6.45) is -1.11. The fraction of sp³-hybridized carbons (Fsp3) is 0.375. The van der Waals surface area contributed by atoms with Gasteiger partial charge in [0.15, 0.2) is 5.76 Å². The van der Waals surface area contributed by atoms with Crippen LogP contribution in [0.15, 0.2) is 59.0 Å². The Hall–Kier alpha value is -5.03. The summed E-state index contributed by atoms with van der Waals surface area (Å²) in [4.78, 5) is 39.3. The minimum Gasteiger partial charge on any atom is -0.496 e.